The molecule has 1 aromatic heterocycles. The number of anilines is 1. The number of aromatic nitrogens is 2. The molecule has 1 atom stereocenters. The highest BCUT2D eigenvalue weighted by molar-refractivity contribution is 7.99. The molecule has 136 valence electrons. The van der Waals surface area contributed by atoms with E-state index in [1.807, 2.05) is 24.3 Å². The lowest BCUT2D eigenvalue weighted by Gasteiger charge is -2.25. The molecule has 0 unspecified atom stereocenters. The third kappa shape index (κ3) is 3.83. The molecule has 0 radical (unpaired) electrons. The first kappa shape index (κ1) is 18.3. The first-order chi connectivity index (χ1) is 12.6. The van der Waals surface area contributed by atoms with Crippen LogP contribution in [0.5, 0.6) is 5.75 Å². The fourth-order valence-electron chi connectivity index (χ4n) is 2.93. The summed E-state index contributed by atoms with van der Waals surface area (Å²) in [6.45, 7) is 6.07. The van der Waals surface area contributed by atoms with Gasteiger partial charge in [-0.3, -0.25) is 9.59 Å². The van der Waals surface area contributed by atoms with E-state index in [1.54, 1.807) is 6.08 Å². The summed E-state index contributed by atoms with van der Waals surface area (Å²) in [4.78, 5) is 32.3. The third-order valence-electron chi connectivity index (χ3n) is 4.02. The second-order valence-electron chi connectivity index (χ2n) is 5.92. The average Bonchev–Trinajstić information content (AvgIpc) is 2.64. The van der Waals surface area contributed by atoms with Crippen molar-refractivity contribution in [3.05, 3.63) is 58.4 Å². The number of amides is 1. The van der Waals surface area contributed by atoms with E-state index in [1.165, 1.54) is 11.8 Å². The van der Waals surface area contributed by atoms with Crippen molar-refractivity contribution in [2.24, 2.45) is 0 Å². The lowest BCUT2D eigenvalue weighted by Crippen LogP contribution is -2.31. The number of benzene rings is 1. The number of para-hydroxylation sites is 1. The molecule has 1 aromatic carbocycles. The zero-order valence-corrected chi connectivity index (χ0v) is 15.4. The molecule has 0 saturated heterocycles. The van der Waals surface area contributed by atoms with Crippen LogP contribution in [0.15, 0.2) is 46.9 Å². The summed E-state index contributed by atoms with van der Waals surface area (Å²) in [7, 11) is 0. The molecule has 2 aromatic rings. The van der Waals surface area contributed by atoms with E-state index < -0.39 is 5.92 Å². The summed E-state index contributed by atoms with van der Waals surface area (Å²) in [6.07, 6.45) is 2.80. The number of fused-ring (bicyclic) bond motifs is 1. The molecule has 3 rings (SSSR count). The first-order valence-electron chi connectivity index (χ1n) is 8.53. The molecule has 0 fully saturated rings. The lowest BCUT2D eigenvalue weighted by atomic mass is 9.86. The second kappa shape index (κ2) is 8.23. The number of thioether (sulfide) groups is 1. The van der Waals surface area contributed by atoms with Gasteiger partial charge < -0.3 is 15.0 Å². The van der Waals surface area contributed by atoms with Crippen molar-refractivity contribution in [2.45, 2.75) is 30.8 Å². The number of hydrogen-bond donors (Lipinski definition) is 2. The molecule has 2 N–H and O–H groups in total. The van der Waals surface area contributed by atoms with Crippen LogP contribution in [0.25, 0.3) is 0 Å². The van der Waals surface area contributed by atoms with Crippen molar-refractivity contribution >= 4 is 23.5 Å². The number of nitrogens with one attached hydrogen (secondary N) is 2. The number of ether oxygens (including phenoxy) is 1. The smallest absolute Gasteiger partial charge is 0.257 e. The quantitative estimate of drug-likeness (QED) is 0.443. The van der Waals surface area contributed by atoms with E-state index in [0.717, 1.165) is 17.7 Å². The van der Waals surface area contributed by atoms with Crippen LogP contribution in [0.2, 0.25) is 0 Å². The fraction of sp³-hybridized carbons (Fsp3) is 0.316. The predicted octanol–water partition coefficient (Wildman–Crippen LogP) is 3.31. The zero-order chi connectivity index (χ0) is 18.5. The third-order valence-corrected chi connectivity index (χ3v) is 5.10. The van der Waals surface area contributed by atoms with Crippen LogP contribution in [-0.2, 0) is 4.79 Å². The Kier molecular flexibility index (Phi) is 5.78. The van der Waals surface area contributed by atoms with Crippen LogP contribution >= 0.6 is 11.8 Å². The number of rotatable bonds is 7. The predicted molar refractivity (Wildman–Crippen MR) is 103 cm³/mol. The molecule has 0 aliphatic carbocycles. The summed E-state index contributed by atoms with van der Waals surface area (Å²) < 4.78 is 5.72. The van der Waals surface area contributed by atoms with Crippen LogP contribution in [0.3, 0.4) is 0 Å². The Morgan fingerprint density at radius 3 is 2.96 bits per heavy atom. The minimum Gasteiger partial charge on any atom is -0.489 e. The van der Waals surface area contributed by atoms with Crippen LogP contribution in [0.4, 0.5) is 5.82 Å². The highest BCUT2D eigenvalue weighted by Gasteiger charge is 2.32. The fourth-order valence-corrected chi connectivity index (χ4v) is 3.65. The molecule has 6 nitrogen and oxygen atoms in total. The lowest BCUT2D eigenvalue weighted by molar-refractivity contribution is -0.116. The summed E-state index contributed by atoms with van der Waals surface area (Å²) in [6, 6.07) is 7.44. The molecule has 26 heavy (non-hydrogen) atoms. The summed E-state index contributed by atoms with van der Waals surface area (Å²) in [5, 5.41) is 3.26. The van der Waals surface area contributed by atoms with E-state index in [4.69, 9.17) is 4.74 Å². The van der Waals surface area contributed by atoms with E-state index in [9.17, 15) is 9.59 Å². The van der Waals surface area contributed by atoms with Crippen molar-refractivity contribution in [1.82, 2.24) is 9.97 Å². The average molecular weight is 371 g/mol. The Bertz CT molecular complexity index is 879. The molecular weight excluding hydrogens is 350 g/mol. The van der Waals surface area contributed by atoms with Gasteiger partial charge in [0.15, 0.2) is 5.16 Å². The van der Waals surface area contributed by atoms with Gasteiger partial charge in [-0.1, -0.05) is 49.5 Å². The van der Waals surface area contributed by atoms with Gasteiger partial charge in [0.25, 0.3) is 5.56 Å². The molecule has 1 aliphatic heterocycles. The second-order valence-corrected chi connectivity index (χ2v) is 7.01. The van der Waals surface area contributed by atoms with Crippen LogP contribution in [-0.4, -0.2) is 28.2 Å². The monoisotopic (exact) mass is 371 g/mol. The van der Waals surface area contributed by atoms with Crippen molar-refractivity contribution in [2.75, 3.05) is 17.7 Å². The van der Waals surface area contributed by atoms with Crippen LogP contribution in [0, 0.1) is 0 Å². The Hall–Kier alpha value is -2.54. The Morgan fingerprint density at radius 1 is 1.38 bits per heavy atom. The van der Waals surface area contributed by atoms with Gasteiger partial charge in [-0.2, -0.15) is 0 Å². The van der Waals surface area contributed by atoms with E-state index in [0.29, 0.717) is 28.9 Å². The maximum absolute atomic E-state index is 12.7. The number of nitrogens with zero attached hydrogens (tertiary/aromatic N) is 1. The maximum atomic E-state index is 12.7. The number of H-pyrrole nitrogens is 1. The molecule has 1 aliphatic rings. The summed E-state index contributed by atoms with van der Waals surface area (Å²) in [5.74, 6) is 1.26. The molecule has 7 heteroatoms. The Balaban J connectivity index is 2.05. The molecule has 0 bridgehead atoms. The highest BCUT2D eigenvalue weighted by Crippen LogP contribution is 2.38. The SMILES string of the molecule is C=CCOc1ccccc1[C@H]1CC(=O)Nc2nc(SCCC)[nH]c(=O)c21. The molecular formula is C19H21N3O3S. The van der Waals surface area contributed by atoms with Crippen molar-refractivity contribution in [3.8, 4) is 5.75 Å². The van der Waals surface area contributed by atoms with Gasteiger partial charge in [-0.05, 0) is 12.5 Å². The van der Waals surface area contributed by atoms with Crippen molar-refractivity contribution in [1.29, 1.82) is 0 Å². The molecule has 2 heterocycles. The van der Waals surface area contributed by atoms with E-state index in [2.05, 4.69) is 28.8 Å². The Labute approximate surface area is 156 Å². The molecule has 0 saturated carbocycles. The first-order valence-corrected chi connectivity index (χ1v) is 9.52. The maximum Gasteiger partial charge on any atom is 0.257 e. The number of hydrogen-bond acceptors (Lipinski definition) is 5. The molecule has 0 spiro atoms. The van der Waals surface area contributed by atoms with Crippen molar-refractivity contribution in [3.63, 3.8) is 0 Å². The van der Waals surface area contributed by atoms with Gasteiger partial charge in [0, 0.05) is 23.7 Å². The highest BCUT2D eigenvalue weighted by atomic mass is 32.2. The van der Waals surface area contributed by atoms with Crippen molar-refractivity contribution < 1.29 is 9.53 Å². The topological polar surface area (TPSA) is 84.1 Å². The van der Waals surface area contributed by atoms with Gasteiger partial charge >= 0.3 is 0 Å². The minimum atomic E-state index is -0.402. The van der Waals surface area contributed by atoms with Crippen LogP contribution < -0.4 is 15.6 Å². The zero-order valence-electron chi connectivity index (χ0n) is 14.6. The standard InChI is InChI=1S/C19H21N3O3S/c1-3-9-25-14-8-6-5-7-12(14)13-11-15(23)20-17-16(13)18(24)22-19(21-17)26-10-4-2/h3,5-8,13H,1,4,9-11H2,2H3,(H2,20,21,22,23,24)/t13-/m1/s1. The van der Waals surface area contributed by atoms with E-state index >= 15 is 0 Å². The van der Waals surface area contributed by atoms with Gasteiger partial charge in [0.05, 0.1) is 5.56 Å². The van der Waals surface area contributed by atoms with Gasteiger partial charge in [-0.25, -0.2) is 4.98 Å². The van der Waals surface area contributed by atoms with Gasteiger partial charge in [0.1, 0.15) is 18.2 Å². The largest absolute Gasteiger partial charge is 0.489 e. The summed E-state index contributed by atoms with van der Waals surface area (Å²) in [5.41, 5.74) is 1.05. The molecule has 1 amide bonds. The normalized spacial score (nSPS) is 15.9. The number of carbonyl (C=O) groups excluding carboxylic acids is 1. The number of aromatic amines is 1. The summed E-state index contributed by atoms with van der Waals surface area (Å²) >= 11 is 1.47. The van der Waals surface area contributed by atoms with E-state index in [-0.39, 0.29) is 17.9 Å². The Morgan fingerprint density at radius 2 is 2.19 bits per heavy atom. The van der Waals surface area contributed by atoms with Gasteiger partial charge in [0.2, 0.25) is 5.91 Å². The van der Waals surface area contributed by atoms with Crippen LogP contribution in [0.1, 0.15) is 36.8 Å². The van der Waals surface area contributed by atoms with Gasteiger partial charge in [-0.15, -0.1) is 0 Å². The number of carbonyl (C=O) groups is 1. The minimum absolute atomic E-state index is 0.162.